The van der Waals surface area contributed by atoms with Crippen LogP contribution in [0.4, 0.5) is 16.3 Å². The van der Waals surface area contributed by atoms with E-state index in [4.69, 9.17) is 5.10 Å². The molecule has 1 aliphatic rings. The van der Waals surface area contributed by atoms with Crippen molar-refractivity contribution in [2.75, 3.05) is 24.2 Å². The minimum atomic E-state index is -3.85. The highest BCUT2D eigenvalue weighted by Gasteiger charge is 2.39. The molecular formula is C28H30N6O4S. The Balaban J connectivity index is 1.44. The summed E-state index contributed by atoms with van der Waals surface area (Å²) in [5.41, 5.74) is 2.47. The van der Waals surface area contributed by atoms with E-state index in [0.29, 0.717) is 22.8 Å². The number of aromatic nitrogens is 2. The lowest BCUT2D eigenvalue weighted by Crippen LogP contribution is -2.31. The fraction of sp³-hybridized carbons (Fsp3) is 0.250. The van der Waals surface area contributed by atoms with E-state index in [2.05, 4.69) is 10.6 Å². The van der Waals surface area contributed by atoms with Crippen LogP contribution in [0.3, 0.4) is 0 Å². The molecule has 0 aliphatic carbocycles. The Labute approximate surface area is 227 Å². The molecule has 1 aliphatic heterocycles. The number of carbonyl (C=O) groups excluding carboxylic acids is 2. The SMILES string of the molecule is CN1C(=O)CN(Cc2cccc(-n3nc(C(C)(C)C)cc3NC(=O)Nc3cccc4ccccc34)c2)S1(=O)=O. The van der Waals surface area contributed by atoms with E-state index in [1.807, 2.05) is 75.4 Å². The Morgan fingerprint density at radius 2 is 1.69 bits per heavy atom. The minimum absolute atomic E-state index is 0.0317. The van der Waals surface area contributed by atoms with Crippen molar-refractivity contribution in [2.45, 2.75) is 32.7 Å². The molecule has 3 aromatic carbocycles. The zero-order chi connectivity index (χ0) is 27.9. The number of fused-ring (bicyclic) bond motifs is 1. The van der Waals surface area contributed by atoms with Crippen LogP contribution in [-0.2, 0) is 27.0 Å². The number of nitrogens with zero attached hydrogens (tertiary/aromatic N) is 4. The zero-order valence-corrected chi connectivity index (χ0v) is 23.0. The second-order valence-corrected chi connectivity index (χ2v) is 12.4. The molecule has 11 heteroatoms. The number of nitrogens with one attached hydrogen (secondary N) is 2. The summed E-state index contributed by atoms with van der Waals surface area (Å²) in [7, 11) is -2.59. The minimum Gasteiger partial charge on any atom is -0.307 e. The van der Waals surface area contributed by atoms with E-state index in [1.54, 1.807) is 22.9 Å². The van der Waals surface area contributed by atoms with Gasteiger partial charge < -0.3 is 5.32 Å². The van der Waals surface area contributed by atoms with Crippen molar-refractivity contribution < 1.29 is 18.0 Å². The van der Waals surface area contributed by atoms with Gasteiger partial charge in [0.25, 0.3) is 5.91 Å². The van der Waals surface area contributed by atoms with Crippen molar-refractivity contribution in [1.82, 2.24) is 18.4 Å². The molecule has 0 atom stereocenters. The number of urea groups is 1. The first kappa shape index (κ1) is 26.4. The number of rotatable bonds is 5. The zero-order valence-electron chi connectivity index (χ0n) is 22.2. The molecule has 39 heavy (non-hydrogen) atoms. The molecule has 202 valence electrons. The van der Waals surface area contributed by atoms with Crippen LogP contribution in [0.15, 0.2) is 72.8 Å². The van der Waals surface area contributed by atoms with Gasteiger partial charge in [-0.25, -0.2) is 13.8 Å². The third kappa shape index (κ3) is 5.23. The average molecular weight is 547 g/mol. The number of amides is 3. The van der Waals surface area contributed by atoms with Gasteiger partial charge in [0.15, 0.2) is 0 Å². The lowest BCUT2D eigenvalue weighted by Gasteiger charge is -2.16. The van der Waals surface area contributed by atoms with Crippen LogP contribution < -0.4 is 10.6 Å². The van der Waals surface area contributed by atoms with Crippen molar-refractivity contribution in [3.63, 3.8) is 0 Å². The molecule has 1 aromatic heterocycles. The van der Waals surface area contributed by atoms with Gasteiger partial charge in [0, 0.05) is 30.5 Å². The van der Waals surface area contributed by atoms with E-state index in [-0.39, 0.29) is 18.5 Å². The molecule has 5 rings (SSSR count). The van der Waals surface area contributed by atoms with Crippen LogP contribution >= 0.6 is 0 Å². The Morgan fingerprint density at radius 3 is 2.41 bits per heavy atom. The topological polar surface area (TPSA) is 117 Å². The monoisotopic (exact) mass is 546 g/mol. The van der Waals surface area contributed by atoms with Crippen LogP contribution in [0.25, 0.3) is 16.5 Å². The normalized spacial score (nSPS) is 15.6. The van der Waals surface area contributed by atoms with Crippen molar-refractivity contribution in [1.29, 1.82) is 0 Å². The largest absolute Gasteiger partial charge is 0.324 e. The van der Waals surface area contributed by atoms with Crippen LogP contribution in [0.1, 0.15) is 32.0 Å². The van der Waals surface area contributed by atoms with Gasteiger partial charge >= 0.3 is 16.2 Å². The summed E-state index contributed by atoms with van der Waals surface area (Å²) in [5, 5.41) is 12.6. The summed E-state index contributed by atoms with van der Waals surface area (Å²) in [6.07, 6.45) is 0. The summed E-state index contributed by atoms with van der Waals surface area (Å²) < 4.78 is 28.6. The van der Waals surface area contributed by atoms with Crippen LogP contribution in [-0.4, -0.2) is 52.3 Å². The van der Waals surface area contributed by atoms with E-state index in [1.165, 1.54) is 7.05 Å². The van der Waals surface area contributed by atoms with Crippen molar-refractivity contribution >= 4 is 44.4 Å². The Hall–Kier alpha value is -4.22. The number of hydrogen-bond donors (Lipinski definition) is 2. The summed E-state index contributed by atoms with van der Waals surface area (Å²) in [4.78, 5) is 25.1. The van der Waals surface area contributed by atoms with E-state index in [0.717, 1.165) is 25.1 Å². The second kappa shape index (κ2) is 9.83. The summed E-state index contributed by atoms with van der Waals surface area (Å²) >= 11 is 0. The maximum Gasteiger partial charge on any atom is 0.324 e. The third-order valence-electron chi connectivity index (χ3n) is 6.61. The Morgan fingerprint density at radius 1 is 0.974 bits per heavy atom. The number of carbonyl (C=O) groups is 2. The third-order valence-corrected chi connectivity index (χ3v) is 8.41. The van der Waals surface area contributed by atoms with Crippen LogP contribution in [0.5, 0.6) is 0 Å². The van der Waals surface area contributed by atoms with Gasteiger partial charge in [0.1, 0.15) is 5.82 Å². The fourth-order valence-electron chi connectivity index (χ4n) is 4.40. The molecule has 2 heterocycles. The van der Waals surface area contributed by atoms with E-state index >= 15 is 0 Å². The lowest BCUT2D eigenvalue weighted by atomic mass is 9.92. The first-order valence-electron chi connectivity index (χ1n) is 12.5. The molecule has 1 fully saturated rings. The molecule has 10 nitrogen and oxygen atoms in total. The molecule has 0 saturated carbocycles. The van der Waals surface area contributed by atoms with Gasteiger partial charge in [0.05, 0.1) is 23.6 Å². The highest BCUT2D eigenvalue weighted by molar-refractivity contribution is 7.87. The fourth-order valence-corrected chi connectivity index (χ4v) is 5.65. The first-order valence-corrected chi connectivity index (χ1v) is 13.9. The molecule has 2 N–H and O–H groups in total. The Kier molecular flexibility index (Phi) is 6.65. The molecular weight excluding hydrogens is 516 g/mol. The number of likely N-dealkylation sites (N-methyl/N-ethyl adjacent to an activating group) is 1. The molecule has 0 unspecified atom stereocenters. The van der Waals surface area contributed by atoms with Gasteiger partial charge in [-0.05, 0) is 29.1 Å². The molecule has 0 spiro atoms. The van der Waals surface area contributed by atoms with E-state index < -0.39 is 22.1 Å². The maximum atomic E-state index is 13.1. The Bertz CT molecular complexity index is 1680. The second-order valence-electron chi connectivity index (χ2n) is 10.5. The summed E-state index contributed by atoms with van der Waals surface area (Å²) in [6, 6.07) is 22.1. The molecule has 0 radical (unpaired) electrons. The molecule has 3 amide bonds. The predicted molar refractivity (Wildman–Crippen MR) is 151 cm³/mol. The smallest absolute Gasteiger partial charge is 0.307 e. The predicted octanol–water partition coefficient (Wildman–Crippen LogP) is 4.49. The van der Waals surface area contributed by atoms with Gasteiger partial charge in [-0.15, -0.1) is 0 Å². The van der Waals surface area contributed by atoms with Crippen LogP contribution in [0, 0.1) is 0 Å². The van der Waals surface area contributed by atoms with Crippen molar-refractivity contribution in [2.24, 2.45) is 0 Å². The molecule has 4 aromatic rings. The maximum absolute atomic E-state index is 13.1. The van der Waals surface area contributed by atoms with Crippen LogP contribution in [0.2, 0.25) is 0 Å². The lowest BCUT2D eigenvalue weighted by molar-refractivity contribution is -0.123. The van der Waals surface area contributed by atoms with Gasteiger partial charge in [-0.2, -0.15) is 17.8 Å². The van der Waals surface area contributed by atoms with Gasteiger partial charge in [-0.1, -0.05) is 69.3 Å². The van der Waals surface area contributed by atoms with Gasteiger partial charge in [0.2, 0.25) is 0 Å². The van der Waals surface area contributed by atoms with E-state index in [9.17, 15) is 18.0 Å². The number of benzene rings is 3. The first-order chi connectivity index (χ1) is 18.4. The number of anilines is 2. The number of hydrogen-bond acceptors (Lipinski definition) is 5. The molecule has 0 bridgehead atoms. The standard InChI is InChI=1S/C28H30N6O4S/c1-28(2,3)24-16-25(30-27(36)29-23-14-8-11-20-10-5-6-13-22(20)23)34(31-24)21-12-7-9-19(15-21)17-33-18-26(35)32(4)39(33,37)38/h5-16H,17-18H2,1-4H3,(H2,29,30,36). The summed E-state index contributed by atoms with van der Waals surface area (Å²) in [5.74, 6) is -0.0183. The quantitative estimate of drug-likeness (QED) is 0.383. The average Bonchev–Trinajstić information content (AvgIpc) is 3.39. The van der Waals surface area contributed by atoms with Gasteiger partial charge in [-0.3, -0.25) is 10.1 Å². The van der Waals surface area contributed by atoms with Crippen molar-refractivity contribution in [3.8, 4) is 5.69 Å². The highest BCUT2D eigenvalue weighted by atomic mass is 32.2. The highest BCUT2D eigenvalue weighted by Crippen LogP contribution is 2.28. The summed E-state index contributed by atoms with van der Waals surface area (Å²) in [6.45, 7) is 5.91. The van der Waals surface area contributed by atoms with Crippen molar-refractivity contribution in [3.05, 3.63) is 84.1 Å². The molecule has 1 saturated heterocycles.